The lowest BCUT2D eigenvalue weighted by atomic mass is 10.1. The van der Waals surface area contributed by atoms with Gasteiger partial charge in [-0.25, -0.2) is 18.7 Å². The van der Waals surface area contributed by atoms with Crippen LogP contribution in [0.2, 0.25) is 0 Å². The van der Waals surface area contributed by atoms with E-state index >= 15 is 0 Å². The second-order valence-electron chi connectivity index (χ2n) is 7.79. The zero-order chi connectivity index (χ0) is 22.8. The number of hydrogen-bond donors (Lipinski definition) is 1. The first-order valence-corrected chi connectivity index (χ1v) is 10.6. The minimum atomic E-state index is -0.692. The van der Waals surface area contributed by atoms with Crippen LogP contribution in [0, 0.1) is 11.6 Å². The molecule has 5 rings (SSSR count). The Balaban J connectivity index is 1.38. The summed E-state index contributed by atoms with van der Waals surface area (Å²) in [6.07, 6.45) is 3.35. The van der Waals surface area contributed by atoms with Gasteiger partial charge in [0.05, 0.1) is 30.2 Å². The number of pyridine rings is 2. The Labute approximate surface area is 188 Å². The van der Waals surface area contributed by atoms with Gasteiger partial charge in [-0.15, -0.1) is 0 Å². The number of fused-ring (bicyclic) bond motifs is 1. The largest absolute Gasteiger partial charge is 0.379 e. The van der Waals surface area contributed by atoms with E-state index in [0.29, 0.717) is 48.0 Å². The highest BCUT2D eigenvalue weighted by molar-refractivity contribution is 6.08. The second-order valence-corrected chi connectivity index (χ2v) is 7.79. The Hall–Kier alpha value is -3.69. The Bertz CT molecular complexity index is 1300. The molecule has 0 spiro atoms. The van der Waals surface area contributed by atoms with E-state index in [0.717, 1.165) is 24.8 Å². The summed E-state index contributed by atoms with van der Waals surface area (Å²) >= 11 is 0. The van der Waals surface area contributed by atoms with Crippen molar-refractivity contribution in [2.45, 2.75) is 6.54 Å². The predicted molar refractivity (Wildman–Crippen MR) is 119 cm³/mol. The summed E-state index contributed by atoms with van der Waals surface area (Å²) in [5.41, 5.74) is 2.20. The van der Waals surface area contributed by atoms with Crippen LogP contribution in [0.3, 0.4) is 0 Å². The number of imidazole rings is 1. The smallest absolute Gasteiger partial charge is 0.260 e. The molecule has 4 heterocycles. The van der Waals surface area contributed by atoms with Crippen molar-refractivity contribution in [3.63, 3.8) is 0 Å². The predicted octanol–water partition coefficient (Wildman–Crippen LogP) is 3.76. The van der Waals surface area contributed by atoms with E-state index < -0.39 is 11.6 Å². The van der Waals surface area contributed by atoms with Gasteiger partial charge in [-0.2, -0.15) is 0 Å². The molecule has 0 radical (unpaired) electrons. The number of hydrogen-bond acceptors (Lipinski definition) is 5. The fourth-order valence-corrected chi connectivity index (χ4v) is 3.84. The molecule has 1 aliphatic heterocycles. The van der Waals surface area contributed by atoms with E-state index in [1.807, 2.05) is 12.1 Å². The number of benzene rings is 1. The number of amides is 1. The third-order valence-electron chi connectivity index (χ3n) is 5.42. The number of rotatable bonds is 5. The zero-order valence-corrected chi connectivity index (χ0v) is 17.7. The molecule has 168 valence electrons. The third-order valence-corrected chi connectivity index (χ3v) is 5.42. The molecule has 1 saturated heterocycles. The van der Waals surface area contributed by atoms with E-state index in [-0.39, 0.29) is 5.91 Å². The zero-order valence-electron chi connectivity index (χ0n) is 17.7. The van der Waals surface area contributed by atoms with Crippen LogP contribution in [0.15, 0.2) is 60.9 Å². The molecule has 0 unspecified atom stereocenters. The average molecular weight is 449 g/mol. The molecule has 9 heteroatoms. The van der Waals surface area contributed by atoms with E-state index in [4.69, 9.17) is 4.74 Å². The summed E-state index contributed by atoms with van der Waals surface area (Å²) in [4.78, 5) is 24.3. The molecular weight excluding hydrogens is 428 g/mol. The third kappa shape index (κ3) is 4.74. The Morgan fingerprint density at radius 2 is 1.82 bits per heavy atom. The maximum atomic E-state index is 13.6. The summed E-state index contributed by atoms with van der Waals surface area (Å²) in [6.45, 7) is 3.77. The number of carbonyl (C=O) groups is 1. The number of aromatic nitrogens is 3. The lowest BCUT2D eigenvalue weighted by molar-refractivity contribution is 0.0337. The van der Waals surface area contributed by atoms with Gasteiger partial charge in [-0.3, -0.25) is 9.69 Å². The minimum absolute atomic E-state index is 0.292. The number of morpholine rings is 1. The van der Waals surface area contributed by atoms with E-state index in [1.165, 1.54) is 12.1 Å². The van der Waals surface area contributed by atoms with Gasteiger partial charge in [0, 0.05) is 43.7 Å². The monoisotopic (exact) mass is 449 g/mol. The lowest BCUT2D eigenvalue weighted by Gasteiger charge is -2.26. The highest BCUT2D eigenvalue weighted by atomic mass is 19.1. The van der Waals surface area contributed by atoms with Crippen molar-refractivity contribution in [3.8, 4) is 11.3 Å². The van der Waals surface area contributed by atoms with Crippen molar-refractivity contribution >= 4 is 17.4 Å². The maximum Gasteiger partial charge on any atom is 0.260 e. The van der Waals surface area contributed by atoms with Crippen LogP contribution in [0.4, 0.5) is 14.6 Å². The van der Waals surface area contributed by atoms with Crippen molar-refractivity contribution in [2.24, 2.45) is 0 Å². The van der Waals surface area contributed by atoms with Gasteiger partial charge in [0.2, 0.25) is 0 Å². The van der Waals surface area contributed by atoms with Gasteiger partial charge in [0.25, 0.3) is 5.91 Å². The highest BCUT2D eigenvalue weighted by Gasteiger charge is 2.16. The van der Waals surface area contributed by atoms with Gasteiger partial charge >= 0.3 is 0 Å². The van der Waals surface area contributed by atoms with Crippen LogP contribution < -0.4 is 5.32 Å². The molecule has 1 aromatic carbocycles. The summed E-state index contributed by atoms with van der Waals surface area (Å²) in [5.74, 6) is -1.32. The molecule has 0 atom stereocenters. The van der Waals surface area contributed by atoms with Crippen LogP contribution in [-0.2, 0) is 11.3 Å². The lowest BCUT2D eigenvalue weighted by Crippen LogP contribution is -2.35. The molecule has 0 bridgehead atoms. The molecule has 33 heavy (non-hydrogen) atoms. The molecule has 0 saturated carbocycles. The van der Waals surface area contributed by atoms with Gasteiger partial charge in [-0.1, -0.05) is 6.07 Å². The summed E-state index contributed by atoms with van der Waals surface area (Å²) in [6, 6.07) is 12.1. The normalized spacial score (nSPS) is 14.5. The molecule has 4 aromatic rings. The van der Waals surface area contributed by atoms with Crippen LogP contribution in [0.25, 0.3) is 16.9 Å². The van der Waals surface area contributed by atoms with Crippen LogP contribution in [-0.4, -0.2) is 51.5 Å². The van der Waals surface area contributed by atoms with Crippen LogP contribution in [0.1, 0.15) is 16.1 Å². The van der Waals surface area contributed by atoms with Crippen molar-refractivity contribution in [3.05, 3.63) is 83.8 Å². The molecule has 0 aliphatic carbocycles. The summed E-state index contributed by atoms with van der Waals surface area (Å²) < 4.78 is 34.3. The Morgan fingerprint density at radius 1 is 1.03 bits per heavy atom. The number of anilines is 1. The minimum Gasteiger partial charge on any atom is -0.379 e. The average Bonchev–Trinajstić information content (AvgIpc) is 3.24. The fourth-order valence-electron chi connectivity index (χ4n) is 3.84. The topological polar surface area (TPSA) is 71.8 Å². The second kappa shape index (κ2) is 9.05. The van der Waals surface area contributed by atoms with Crippen molar-refractivity contribution < 1.29 is 18.3 Å². The van der Waals surface area contributed by atoms with E-state index in [2.05, 4.69) is 20.2 Å². The first-order valence-electron chi connectivity index (χ1n) is 10.6. The first-order chi connectivity index (χ1) is 16.0. The van der Waals surface area contributed by atoms with E-state index in [9.17, 15) is 13.6 Å². The summed E-state index contributed by atoms with van der Waals surface area (Å²) in [7, 11) is 0. The maximum absolute atomic E-state index is 13.6. The number of halogens is 2. The number of carbonyl (C=O) groups excluding carboxylic acids is 1. The Morgan fingerprint density at radius 3 is 2.61 bits per heavy atom. The van der Waals surface area contributed by atoms with Gasteiger partial charge in [-0.05, 0) is 36.4 Å². The van der Waals surface area contributed by atoms with Gasteiger partial charge < -0.3 is 14.5 Å². The molecule has 1 N–H and O–H groups in total. The Kier molecular flexibility index (Phi) is 5.80. The standard InChI is InChI=1S/C24H21F2N5O2/c25-17-11-16(12-18(26)13-17)21-15-31-6-2-4-20(23(31)28-21)24(32)29-22-5-1-3-19(27-22)14-30-7-9-33-10-8-30/h1-6,11-13,15H,7-10,14H2,(H,27,29,32). The highest BCUT2D eigenvalue weighted by Crippen LogP contribution is 2.23. The molecule has 1 aliphatic rings. The van der Waals surface area contributed by atoms with E-state index in [1.54, 1.807) is 35.0 Å². The van der Waals surface area contributed by atoms with Crippen LogP contribution >= 0.6 is 0 Å². The van der Waals surface area contributed by atoms with Gasteiger partial charge in [0.1, 0.15) is 23.1 Å². The van der Waals surface area contributed by atoms with Crippen LogP contribution in [0.5, 0.6) is 0 Å². The quantitative estimate of drug-likeness (QED) is 0.502. The number of nitrogens with zero attached hydrogens (tertiary/aromatic N) is 4. The fraction of sp³-hybridized carbons (Fsp3) is 0.208. The molecular formula is C24H21F2N5O2. The van der Waals surface area contributed by atoms with Crippen molar-refractivity contribution in [1.29, 1.82) is 0 Å². The SMILES string of the molecule is O=C(Nc1cccc(CN2CCOCC2)n1)c1cccn2cc(-c3cc(F)cc(F)c3)nc12. The molecule has 1 fully saturated rings. The van der Waals surface area contributed by atoms with Crippen molar-refractivity contribution in [1.82, 2.24) is 19.3 Å². The molecule has 7 nitrogen and oxygen atoms in total. The number of ether oxygens (including phenoxy) is 1. The summed E-state index contributed by atoms with van der Waals surface area (Å²) in [5, 5.41) is 2.83. The van der Waals surface area contributed by atoms with Gasteiger partial charge in [0.15, 0.2) is 0 Å². The molecule has 3 aromatic heterocycles. The molecule has 1 amide bonds. The first kappa shape index (κ1) is 21.2. The van der Waals surface area contributed by atoms with Crippen molar-refractivity contribution in [2.75, 3.05) is 31.6 Å². The number of nitrogens with one attached hydrogen (secondary N) is 1.